The normalized spacial score (nSPS) is 12.3. The molecule has 0 fully saturated rings. The van der Waals surface area contributed by atoms with Gasteiger partial charge in [-0.05, 0) is 31.2 Å². The lowest BCUT2D eigenvalue weighted by molar-refractivity contribution is 0.409. The third-order valence-corrected chi connectivity index (χ3v) is 3.88. The summed E-state index contributed by atoms with van der Waals surface area (Å²) in [4.78, 5) is -0.460. The van der Waals surface area contributed by atoms with Crippen molar-refractivity contribution in [1.82, 2.24) is 0 Å². The van der Waals surface area contributed by atoms with Crippen molar-refractivity contribution in [2.45, 2.75) is 11.8 Å². The van der Waals surface area contributed by atoms with E-state index in [1.165, 1.54) is 31.4 Å². The number of rotatable bonds is 3. The molecule has 4 heteroatoms. The summed E-state index contributed by atoms with van der Waals surface area (Å²) in [5, 5.41) is 0. The van der Waals surface area contributed by atoms with Crippen LogP contribution in [0.2, 0.25) is 0 Å². The Morgan fingerprint density at radius 2 is 1.79 bits per heavy atom. The molecule has 0 aliphatic rings. The van der Waals surface area contributed by atoms with Gasteiger partial charge in [0.25, 0.3) is 0 Å². The maximum atomic E-state index is 13.9. The van der Waals surface area contributed by atoms with Crippen LogP contribution in [0.15, 0.2) is 36.4 Å². The topological polar surface area (TPSA) is 9.23 Å². The van der Waals surface area contributed by atoms with Gasteiger partial charge in [-0.25, -0.2) is 8.78 Å². The molecule has 2 aromatic carbocycles. The number of hydrogen-bond donors (Lipinski definition) is 0. The summed E-state index contributed by atoms with van der Waals surface area (Å²) in [6.07, 6.45) is 0. The second-order valence-corrected chi connectivity index (χ2v) is 5.19. The molecule has 100 valence electrons. The van der Waals surface area contributed by atoms with E-state index in [1.807, 2.05) is 6.92 Å². The van der Waals surface area contributed by atoms with Gasteiger partial charge < -0.3 is 4.74 Å². The zero-order chi connectivity index (χ0) is 14.0. The van der Waals surface area contributed by atoms with E-state index in [1.54, 1.807) is 12.1 Å². The molecule has 0 aromatic heterocycles. The molecule has 0 spiro atoms. The van der Waals surface area contributed by atoms with Gasteiger partial charge in [0.05, 0.1) is 11.9 Å². The molecule has 0 bridgehead atoms. The van der Waals surface area contributed by atoms with Gasteiger partial charge in [-0.2, -0.15) is 0 Å². The average Bonchev–Trinajstić information content (AvgIpc) is 2.40. The first-order valence-electron chi connectivity index (χ1n) is 5.76. The molecule has 0 aliphatic heterocycles. The van der Waals surface area contributed by atoms with Gasteiger partial charge in [-0.1, -0.05) is 33.6 Å². The highest BCUT2D eigenvalue weighted by atomic mass is 79.9. The predicted octanol–water partition coefficient (Wildman–Crippen LogP) is 4.77. The fourth-order valence-corrected chi connectivity index (χ4v) is 2.64. The molecule has 2 rings (SSSR count). The highest BCUT2D eigenvalue weighted by Gasteiger charge is 2.19. The molecule has 19 heavy (non-hydrogen) atoms. The van der Waals surface area contributed by atoms with Gasteiger partial charge in [0.1, 0.15) is 17.4 Å². The molecule has 0 radical (unpaired) electrons. The number of halogens is 3. The van der Waals surface area contributed by atoms with Gasteiger partial charge in [0, 0.05) is 11.1 Å². The molecule has 1 atom stereocenters. The third kappa shape index (κ3) is 2.95. The van der Waals surface area contributed by atoms with E-state index in [0.717, 1.165) is 5.56 Å². The predicted molar refractivity (Wildman–Crippen MR) is 74.9 cm³/mol. The van der Waals surface area contributed by atoms with E-state index in [2.05, 4.69) is 15.9 Å². The van der Waals surface area contributed by atoms with Crippen molar-refractivity contribution in [2.24, 2.45) is 0 Å². The van der Waals surface area contributed by atoms with Crippen LogP contribution in [0.1, 0.15) is 21.5 Å². The Labute approximate surface area is 119 Å². The SMILES string of the molecule is COc1ccc(F)cc1C(Br)c1cc(C)ccc1F. The summed E-state index contributed by atoms with van der Waals surface area (Å²) in [5.41, 5.74) is 1.96. The molecule has 0 amide bonds. The van der Waals surface area contributed by atoms with Gasteiger partial charge in [0.15, 0.2) is 0 Å². The van der Waals surface area contributed by atoms with Gasteiger partial charge in [-0.15, -0.1) is 0 Å². The minimum atomic E-state index is -0.460. The van der Waals surface area contributed by atoms with Crippen molar-refractivity contribution in [3.63, 3.8) is 0 Å². The Kier molecular flexibility index (Phi) is 4.20. The van der Waals surface area contributed by atoms with E-state index in [0.29, 0.717) is 16.9 Å². The Morgan fingerprint density at radius 1 is 1.05 bits per heavy atom. The van der Waals surface area contributed by atoms with Gasteiger partial charge >= 0.3 is 0 Å². The van der Waals surface area contributed by atoms with Gasteiger partial charge in [-0.3, -0.25) is 0 Å². The van der Waals surface area contributed by atoms with Crippen LogP contribution in [-0.4, -0.2) is 7.11 Å². The fourth-order valence-electron chi connectivity index (χ4n) is 1.93. The van der Waals surface area contributed by atoms with E-state index in [-0.39, 0.29) is 11.6 Å². The zero-order valence-electron chi connectivity index (χ0n) is 10.6. The smallest absolute Gasteiger partial charge is 0.127 e. The Hall–Kier alpha value is -1.42. The second kappa shape index (κ2) is 5.70. The Morgan fingerprint density at radius 3 is 2.47 bits per heavy atom. The number of benzene rings is 2. The molecule has 0 saturated carbocycles. The summed E-state index contributed by atoms with van der Waals surface area (Å²) < 4.78 is 32.4. The quantitative estimate of drug-likeness (QED) is 0.738. The average molecular weight is 327 g/mol. The lowest BCUT2D eigenvalue weighted by Gasteiger charge is -2.16. The first-order chi connectivity index (χ1) is 9.02. The highest BCUT2D eigenvalue weighted by molar-refractivity contribution is 9.09. The van der Waals surface area contributed by atoms with E-state index < -0.39 is 4.83 Å². The van der Waals surface area contributed by atoms with Crippen LogP contribution in [0.3, 0.4) is 0 Å². The fraction of sp³-hybridized carbons (Fsp3) is 0.200. The molecule has 0 aliphatic carbocycles. The van der Waals surface area contributed by atoms with Crippen LogP contribution in [0.5, 0.6) is 5.75 Å². The summed E-state index contributed by atoms with van der Waals surface area (Å²) in [7, 11) is 1.50. The molecular weight excluding hydrogens is 314 g/mol. The molecule has 1 nitrogen and oxygen atoms in total. The molecule has 2 aromatic rings. The zero-order valence-corrected chi connectivity index (χ0v) is 12.2. The summed E-state index contributed by atoms with van der Waals surface area (Å²) in [6, 6.07) is 9.03. The maximum absolute atomic E-state index is 13.9. The van der Waals surface area contributed by atoms with Crippen molar-refractivity contribution in [2.75, 3.05) is 7.11 Å². The molecule has 0 saturated heterocycles. The number of hydrogen-bond acceptors (Lipinski definition) is 1. The van der Waals surface area contributed by atoms with Crippen molar-refractivity contribution in [3.05, 3.63) is 64.7 Å². The van der Waals surface area contributed by atoms with Crippen molar-refractivity contribution in [3.8, 4) is 5.75 Å². The van der Waals surface area contributed by atoms with Crippen molar-refractivity contribution < 1.29 is 13.5 Å². The van der Waals surface area contributed by atoms with E-state index >= 15 is 0 Å². The van der Waals surface area contributed by atoms with Crippen molar-refractivity contribution in [1.29, 1.82) is 0 Å². The maximum Gasteiger partial charge on any atom is 0.127 e. The number of ether oxygens (including phenoxy) is 1. The highest BCUT2D eigenvalue weighted by Crippen LogP contribution is 2.38. The van der Waals surface area contributed by atoms with Crippen LogP contribution >= 0.6 is 15.9 Å². The summed E-state index contributed by atoms with van der Waals surface area (Å²) in [6.45, 7) is 1.88. The minimum absolute atomic E-state index is 0.334. The lowest BCUT2D eigenvalue weighted by Crippen LogP contribution is -2.01. The summed E-state index contributed by atoms with van der Waals surface area (Å²) in [5.74, 6) is -0.198. The van der Waals surface area contributed by atoms with E-state index in [9.17, 15) is 8.78 Å². The monoisotopic (exact) mass is 326 g/mol. The third-order valence-electron chi connectivity index (χ3n) is 2.89. The minimum Gasteiger partial charge on any atom is -0.496 e. The lowest BCUT2D eigenvalue weighted by atomic mass is 10.0. The standard InChI is InChI=1S/C15H13BrF2O/c1-9-3-5-13(18)11(7-9)15(16)12-8-10(17)4-6-14(12)19-2/h3-8,15H,1-2H3. The Balaban J connectivity index is 2.51. The molecule has 0 N–H and O–H groups in total. The largest absolute Gasteiger partial charge is 0.496 e. The van der Waals surface area contributed by atoms with E-state index in [4.69, 9.17) is 4.74 Å². The molecular formula is C15H13BrF2O. The van der Waals surface area contributed by atoms with Gasteiger partial charge in [0.2, 0.25) is 0 Å². The summed E-state index contributed by atoms with van der Waals surface area (Å²) >= 11 is 3.42. The van der Waals surface area contributed by atoms with Crippen LogP contribution in [0, 0.1) is 18.6 Å². The number of alkyl halides is 1. The van der Waals surface area contributed by atoms with Crippen LogP contribution < -0.4 is 4.74 Å². The van der Waals surface area contributed by atoms with Crippen molar-refractivity contribution >= 4 is 15.9 Å². The second-order valence-electron chi connectivity index (χ2n) is 4.27. The first kappa shape index (κ1) is 14.0. The molecule has 0 heterocycles. The number of methoxy groups -OCH3 is 1. The van der Waals surface area contributed by atoms with Crippen LogP contribution in [0.25, 0.3) is 0 Å². The first-order valence-corrected chi connectivity index (χ1v) is 6.68. The Bertz CT molecular complexity index is 599. The number of aryl methyl sites for hydroxylation is 1. The molecule has 1 unspecified atom stereocenters. The van der Waals surface area contributed by atoms with Crippen LogP contribution in [-0.2, 0) is 0 Å². The van der Waals surface area contributed by atoms with Crippen LogP contribution in [0.4, 0.5) is 8.78 Å².